The topological polar surface area (TPSA) is 70.6 Å². The van der Waals surface area contributed by atoms with Crippen LogP contribution in [0, 0.1) is 28.1 Å². The van der Waals surface area contributed by atoms with Crippen molar-refractivity contribution in [3.63, 3.8) is 0 Å². The second-order valence-electron chi connectivity index (χ2n) is 6.58. The maximum absolute atomic E-state index is 14.1. The number of hydrogen-bond donors (Lipinski definition) is 3. The molecule has 1 saturated carbocycles. The number of aryl methyl sites for hydroxylation is 1. The second kappa shape index (κ2) is 8.85. The number of halogens is 3. The molecule has 144 valence electrons. The Balaban J connectivity index is 1.75. The van der Waals surface area contributed by atoms with Crippen LogP contribution in [0.5, 0.6) is 0 Å². The summed E-state index contributed by atoms with van der Waals surface area (Å²) in [5.41, 5.74) is 4.79. The molecule has 0 aliphatic heterocycles. The Morgan fingerprint density at radius 2 is 2.11 bits per heavy atom. The number of hydroxylamine groups is 1. The molecule has 0 saturated heterocycles. The van der Waals surface area contributed by atoms with Gasteiger partial charge in [-0.25, -0.2) is 9.87 Å². The van der Waals surface area contributed by atoms with E-state index in [0.717, 1.165) is 21.2 Å². The van der Waals surface area contributed by atoms with E-state index in [1.165, 1.54) is 12.1 Å². The summed E-state index contributed by atoms with van der Waals surface area (Å²) in [5, 5.41) is 12.2. The molecule has 3 rings (SSSR count). The number of carbonyl (C=O) groups excluding carboxylic acids is 1. The van der Waals surface area contributed by atoms with Crippen molar-refractivity contribution < 1.29 is 19.1 Å². The average molecular weight is 549 g/mol. The van der Waals surface area contributed by atoms with Crippen LogP contribution in [0.3, 0.4) is 0 Å². The van der Waals surface area contributed by atoms with E-state index in [-0.39, 0.29) is 28.5 Å². The predicted molar refractivity (Wildman–Crippen MR) is 113 cm³/mol. The lowest BCUT2D eigenvalue weighted by molar-refractivity contribution is 0.0248. The molecule has 0 spiro atoms. The van der Waals surface area contributed by atoms with Gasteiger partial charge < -0.3 is 10.4 Å². The first-order valence-electron chi connectivity index (χ1n) is 8.44. The number of amides is 1. The lowest BCUT2D eigenvalue weighted by Gasteiger charge is -2.15. The zero-order valence-electron chi connectivity index (χ0n) is 14.6. The average Bonchev–Trinajstić information content (AvgIpc) is 3.38. The summed E-state index contributed by atoms with van der Waals surface area (Å²) in [6.07, 6.45) is 0.896. The highest BCUT2D eigenvalue weighted by molar-refractivity contribution is 14.1. The molecule has 2 atom stereocenters. The number of nitrogens with one attached hydrogen (secondary N) is 2. The normalized spacial score (nSPS) is 18.3. The summed E-state index contributed by atoms with van der Waals surface area (Å²) in [7, 11) is 0. The minimum atomic E-state index is -0.470. The number of aliphatic hydroxyl groups excluding tert-OH is 1. The van der Waals surface area contributed by atoms with E-state index >= 15 is 0 Å². The molecule has 2 aromatic rings. The van der Waals surface area contributed by atoms with Crippen LogP contribution in [0.15, 0.2) is 34.8 Å². The first-order valence-corrected chi connectivity index (χ1v) is 10.3. The molecule has 2 aromatic carbocycles. The Kier molecular flexibility index (Phi) is 6.72. The fraction of sp³-hybridized carbons (Fsp3) is 0.316. The van der Waals surface area contributed by atoms with Gasteiger partial charge in [-0.3, -0.25) is 9.63 Å². The van der Waals surface area contributed by atoms with E-state index in [9.17, 15) is 9.18 Å². The minimum absolute atomic E-state index is 0.135. The summed E-state index contributed by atoms with van der Waals surface area (Å²) in [5.74, 6) is -0.422. The van der Waals surface area contributed by atoms with E-state index in [1.54, 1.807) is 0 Å². The highest BCUT2D eigenvalue weighted by Gasteiger charge is 2.36. The number of rotatable bonds is 7. The molecule has 1 aliphatic carbocycles. The monoisotopic (exact) mass is 548 g/mol. The highest BCUT2D eigenvalue weighted by Crippen LogP contribution is 2.37. The molecule has 8 heteroatoms. The molecule has 2 unspecified atom stereocenters. The fourth-order valence-corrected chi connectivity index (χ4v) is 3.75. The molecule has 27 heavy (non-hydrogen) atoms. The SMILES string of the molecule is Cc1cc(I)ccc1Nc1cc(F)c(Br)cc1C(=O)NOCC1CC1CO. The van der Waals surface area contributed by atoms with Crippen molar-refractivity contribution >= 4 is 55.8 Å². The summed E-state index contributed by atoms with van der Waals surface area (Å²) in [6, 6.07) is 8.51. The van der Waals surface area contributed by atoms with Crippen molar-refractivity contribution in [3.8, 4) is 0 Å². The lowest BCUT2D eigenvalue weighted by Crippen LogP contribution is -2.26. The molecule has 1 fully saturated rings. The second-order valence-corrected chi connectivity index (χ2v) is 8.68. The maximum atomic E-state index is 14.1. The summed E-state index contributed by atoms with van der Waals surface area (Å²) < 4.78 is 15.3. The zero-order valence-corrected chi connectivity index (χ0v) is 18.3. The van der Waals surface area contributed by atoms with Crippen molar-refractivity contribution in [2.45, 2.75) is 13.3 Å². The molecule has 1 amide bonds. The third-order valence-electron chi connectivity index (χ3n) is 4.53. The smallest absolute Gasteiger partial charge is 0.276 e. The number of benzene rings is 2. The molecular weight excluding hydrogens is 530 g/mol. The van der Waals surface area contributed by atoms with Gasteiger partial charge >= 0.3 is 0 Å². The van der Waals surface area contributed by atoms with Gasteiger partial charge in [0.2, 0.25) is 0 Å². The van der Waals surface area contributed by atoms with Crippen molar-refractivity contribution in [2.24, 2.45) is 11.8 Å². The molecule has 0 radical (unpaired) electrons. The van der Waals surface area contributed by atoms with Gasteiger partial charge in [-0.15, -0.1) is 0 Å². The van der Waals surface area contributed by atoms with Gasteiger partial charge in [0, 0.05) is 15.9 Å². The Labute approximate surface area is 178 Å². The molecule has 0 bridgehead atoms. The van der Waals surface area contributed by atoms with Crippen LogP contribution in [0.1, 0.15) is 22.3 Å². The van der Waals surface area contributed by atoms with Crippen molar-refractivity contribution in [2.75, 3.05) is 18.5 Å². The van der Waals surface area contributed by atoms with Crippen LogP contribution in [-0.2, 0) is 4.84 Å². The Hall–Kier alpha value is -1.23. The summed E-state index contributed by atoms with van der Waals surface area (Å²) in [4.78, 5) is 17.8. The maximum Gasteiger partial charge on any atom is 0.276 e. The van der Waals surface area contributed by atoms with Gasteiger partial charge in [-0.1, -0.05) is 0 Å². The summed E-state index contributed by atoms with van der Waals surface area (Å²) >= 11 is 5.34. The largest absolute Gasteiger partial charge is 0.396 e. The van der Waals surface area contributed by atoms with Gasteiger partial charge in [-0.2, -0.15) is 0 Å². The fourth-order valence-electron chi connectivity index (χ4n) is 2.76. The number of anilines is 2. The van der Waals surface area contributed by atoms with Crippen LogP contribution < -0.4 is 10.8 Å². The number of carbonyl (C=O) groups is 1. The number of hydrogen-bond acceptors (Lipinski definition) is 4. The molecular formula is C19H19BrFIN2O3. The predicted octanol–water partition coefficient (Wildman–Crippen LogP) is 4.53. The minimum Gasteiger partial charge on any atom is -0.396 e. The van der Waals surface area contributed by atoms with Crippen LogP contribution in [-0.4, -0.2) is 24.2 Å². The third kappa shape index (κ3) is 5.18. The standard InChI is InChI=1S/C19H19BrFIN2O3/c1-10-4-13(22)2-3-17(10)23-18-7-16(21)15(20)6-14(18)19(26)24-27-9-12-5-11(12)8-25/h2-4,6-7,11-12,23,25H,5,8-9H2,1H3,(H,24,26). The van der Waals surface area contributed by atoms with Crippen LogP contribution >= 0.6 is 38.5 Å². The van der Waals surface area contributed by atoms with Gasteiger partial charge in [0.25, 0.3) is 5.91 Å². The Bertz CT molecular complexity index is 865. The van der Waals surface area contributed by atoms with E-state index in [2.05, 4.69) is 49.3 Å². The van der Waals surface area contributed by atoms with Crippen molar-refractivity contribution in [1.29, 1.82) is 0 Å². The van der Waals surface area contributed by atoms with Gasteiger partial charge in [0.15, 0.2) is 0 Å². The number of aliphatic hydroxyl groups is 1. The first kappa shape index (κ1) is 20.5. The van der Waals surface area contributed by atoms with Crippen molar-refractivity contribution in [1.82, 2.24) is 5.48 Å². The van der Waals surface area contributed by atoms with E-state index in [1.807, 2.05) is 25.1 Å². The van der Waals surface area contributed by atoms with Crippen LogP contribution in [0.2, 0.25) is 0 Å². The van der Waals surface area contributed by atoms with E-state index < -0.39 is 11.7 Å². The molecule has 5 nitrogen and oxygen atoms in total. The Morgan fingerprint density at radius 1 is 1.33 bits per heavy atom. The summed E-state index contributed by atoms with van der Waals surface area (Å²) in [6.45, 7) is 2.42. The van der Waals surface area contributed by atoms with Crippen molar-refractivity contribution in [3.05, 3.63) is 55.3 Å². The van der Waals surface area contributed by atoms with E-state index in [0.29, 0.717) is 12.3 Å². The first-order chi connectivity index (χ1) is 12.9. The van der Waals surface area contributed by atoms with Crippen LogP contribution in [0.4, 0.5) is 15.8 Å². The Morgan fingerprint density at radius 3 is 2.78 bits per heavy atom. The van der Waals surface area contributed by atoms with Gasteiger partial charge in [0.1, 0.15) is 5.82 Å². The molecule has 1 aliphatic rings. The van der Waals surface area contributed by atoms with Gasteiger partial charge in [0.05, 0.1) is 22.3 Å². The third-order valence-corrected chi connectivity index (χ3v) is 5.81. The van der Waals surface area contributed by atoms with Crippen LogP contribution in [0.25, 0.3) is 0 Å². The lowest BCUT2D eigenvalue weighted by atomic mass is 10.1. The van der Waals surface area contributed by atoms with Gasteiger partial charge in [-0.05, 0) is 99.6 Å². The molecule has 3 N–H and O–H groups in total. The quantitative estimate of drug-likeness (QED) is 0.351. The van der Waals surface area contributed by atoms with E-state index in [4.69, 9.17) is 9.94 Å². The zero-order chi connectivity index (χ0) is 19.6. The highest BCUT2D eigenvalue weighted by atomic mass is 127. The molecule has 0 heterocycles. The molecule has 0 aromatic heterocycles.